The van der Waals surface area contributed by atoms with E-state index in [0.29, 0.717) is 17.4 Å². The fraction of sp³-hybridized carbons (Fsp3) is 0.811. The minimum absolute atomic E-state index is 0.00873. The van der Waals surface area contributed by atoms with Crippen molar-refractivity contribution >= 4 is 13.7 Å². The Labute approximate surface area is 283 Å². The van der Waals surface area contributed by atoms with Gasteiger partial charge in [-0.25, -0.2) is 0 Å². The van der Waals surface area contributed by atoms with Crippen molar-refractivity contribution in [3.05, 3.63) is 36.5 Å². The SMILES string of the molecule is C/C=C/CC/C=C/CC/C=C/C(O)C(COP(=O)([O-])OCC[N+](C)(C)C)NC(=O)CCCCCCCCCCCCCCCCC. The monoisotopic (exact) mass is 671 g/mol. The van der Waals surface area contributed by atoms with Gasteiger partial charge in [0.05, 0.1) is 39.9 Å². The molecule has 0 aliphatic carbocycles. The molecule has 0 saturated heterocycles. The topological polar surface area (TPSA) is 108 Å². The summed E-state index contributed by atoms with van der Waals surface area (Å²) >= 11 is 0. The summed E-state index contributed by atoms with van der Waals surface area (Å²) < 4.78 is 23.0. The van der Waals surface area contributed by atoms with Crippen LogP contribution in [0.1, 0.15) is 142 Å². The van der Waals surface area contributed by atoms with E-state index in [4.69, 9.17) is 9.05 Å². The van der Waals surface area contributed by atoms with E-state index in [-0.39, 0.29) is 12.5 Å². The highest BCUT2D eigenvalue weighted by Gasteiger charge is 2.23. The summed E-state index contributed by atoms with van der Waals surface area (Å²) in [5, 5.41) is 13.6. The first-order valence-electron chi connectivity index (χ1n) is 18.3. The Balaban J connectivity index is 4.50. The van der Waals surface area contributed by atoms with Gasteiger partial charge >= 0.3 is 0 Å². The van der Waals surface area contributed by atoms with Crippen LogP contribution in [0.2, 0.25) is 0 Å². The van der Waals surface area contributed by atoms with Gasteiger partial charge in [0, 0.05) is 6.42 Å². The van der Waals surface area contributed by atoms with E-state index in [2.05, 4.69) is 30.5 Å². The summed E-state index contributed by atoms with van der Waals surface area (Å²) in [5.41, 5.74) is 0. The number of aliphatic hydroxyl groups is 1. The summed E-state index contributed by atoms with van der Waals surface area (Å²) in [6.07, 6.45) is 33.5. The molecule has 3 atom stereocenters. The third-order valence-electron chi connectivity index (χ3n) is 7.93. The Morgan fingerprint density at radius 2 is 1.26 bits per heavy atom. The van der Waals surface area contributed by atoms with Crippen LogP contribution in [0.4, 0.5) is 0 Å². The predicted octanol–water partition coefficient (Wildman–Crippen LogP) is 8.55. The first-order valence-corrected chi connectivity index (χ1v) is 19.8. The summed E-state index contributed by atoms with van der Waals surface area (Å²) in [4.78, 5) is 25.1. The number of amides is 1. The molecule has 0 heterocycles. The molecule has 0 aromatic carbocycles. The van der Waals surface area contributed by atoms with E-state index < -0.39 is 26.6 Å². The van der Waals surface area contributed by atoms with Crippen molar-refractivity contribution in [2.24, 2.45) is 0 Å². The van der Waals surface area contributed by atoms with Gasteiger partial charge in [-0.3, -0.25) is 9.36 Å². The molecule has 9 heteroatoms. The number of rotatable bonds is 32. The predicted molar refractivity (Wildman–Crippen MR) is 191 cm³/mol. The summed E-state index contributed by atoms with van der Waals surface area (Å²) in [6, 6.07) is -0.902. The van der Waals surface area contributed by atoms with E-state index in [9.17, 15) is 19.4 Å². The van der Waals surface area contributed by atoms with Crippen LogP contribution < -0.4 is 10.2 Å². The Hall–Kier alpha value is -1.28. The van der Waals surface area contributed by atoms with E-state index in [1.54, 1.807) is 6.08 Å². The molecule has 0 aliphatic rings. The second-order valence-electron chi connectivity index (χ2n) is 13.6. The van der Waals surface area contributed by atoms with Crippen LogP contribution in [-0.2, 0) is 18.4 Å². The van der Waals surface area contributed by atoms with Gasteiger partial charge in [0.1, 0.15) is 13.2 Å². The zero-order valence-electron chi connectivity index (χ0n) is 30.3. The lowest BCUT2D eigenvalue weighted by Gasteiger charge is -2.29. The van der Waals surface area contributed by atoms with Crippen molar-refractivity contribution in [1.29, 1.82) is 0 Å². The molecule has 8 nitrogen and oxygen atoms in total. The fourth-order valence-electron chi connectivity index (χ4n) is 4.95. The molecule has 1 amide bonds. The minimum atomic E-state index is -4.58. The van der Waals surface area contributed by atoms with Crippen molar-refractivity contribution in [3.63, 3.8) is 0 Å². The average Bonchev–Trinajstić information content (AvgIpc) is 2.99. The van der Waals surface area contributed by atoms with Gasteiger partial charge in [-0.1, -0.05) is 133 Å². The number of unbranched alkanes of at least 4 members (excludes halogenated alkanes) is 16. The van der Waals surface area contributed by atoms with Crippen molar-refractivity contribution in [2.45, 2.75) is 154 Å². The standard InChI is InChI=1S/C37H71N2O6P/c1-6-8-10-12-14-16-17-18-19-20-21-23-25-27-29-31-37(41)38-35(34-45-46(42,43)44-33-32-39(3,4)5)36(40)30-28-26-24-22-15-13-11-9-7-2/h7,9,15,22,28,30,35-36,40H,6,8,10-14,16-21,23-27,29,31-34H2,1-5H3,(H-,38,41,42,43)/b9-7+,22-15+,30-28+. The molecule has 0 aliphatic heterocycles. The molecular weight excluding hydrogens is 599 g/mol. The maximum absolute atomic E-state index is 12.7. The molecule has 0 rings (SSSR count). The zero-order chi connectivity index (χ0) is 34.4. The number of hydrogen-bond donors (Lipinski definition) is 2. The molecule has 0 saturated carbocycles. The highest BCUT2D eigenvalue weighted by Crippen LogP contribution is 2.38. The van der Waals surface area contributed by atoms with Gasteiger partial charge in [0.15, 0.2) is 0 Å². The van der Waals surface area contributed by atoms with Crippen LogP contribution in [0.3, 0.4) is 0 Å². The Morgan fingerprint density at radius 3 is 1.76 bits per heavy atom. The zero-order valence-corrected chi connectivity index (χ0v) is 31.2. The molecular formula is C37H71N2O6P. The lowest BCUT2D eigenvalue weighted by atomic mass is 10.0. The second kappa shape index (κ2) is 29.8. The number of nitrogens with zero attached hydrogens (tertiary/aromatic N) is 1. The molecule has 0 spiro atoms. The third-order valence-corrected chi connectivity index (χ3v) is 8.89. The van der Waals surface area contributed by atoms with Gasteiger partial charge < -0.3 is 28.8 Å². The molecule has 0 bridgehead atoms. The molecule has 46 heavy (non-hydrogen) atoms. The van der Waals surface area contributed by atoms with Crippen LogP contribution in [0.5, 0.6) is 0 Å². The maximum atomic E-state index is 12.7. The average molecular weight is 671 g/mol. The number of phosphoric ester groups is 1. The number of carbonyl (C=O) groups excluding carboxylic acids is 1. The highest BCUT2D eigenvalue weighted by atomic mass is 31.2. The van der Waals surface area contributed by atoms with Gasteiger partial charge in [0.25, 0.3) is 7.82 Å². The van der Waals surface area contributed by atoms with E-state index in [0.717, 1.165) is 44.9 Å². The molecule has 0 aromatic heterocycles. The van der Waals surface area contributed by atoms with Crippen LogP contribution in [-0.4, -0.2) is 68.5 Å². The van der Waals surface area contributed by atoms with Gasteiger partial charge in [0.2, 0.25) is 5.91 Å². The first-order chi connectivity index (χ1) is 22.0. The van der Waals surface area contributed by atoms with Gasteiger partial charge in [-0.2, -0.15) is 0 Å². The number of allylic oxidation sites excluding steroid dienone is 5. The van der Waals surface area contributed by atoms with Crippen molar-refractivity contribution < 1.29 is 32.9 Å². The summed E-state index contributed by atoms with van der Waals surface area (Å²) in [7, 11) is 1.23. The van der Waals surface area contributed by atoms with Crippen molar-refractivity contribution in [3.8, 4) is 0 Å². The quantitative estimate of drug-likeness (QED) is 0.0321. The Kier molecular flexibility index (Phi) is 29.0. The minimum Gasteiger partial charge on any atom is -0.756 e. The lowest BCUT2D eigenvalue weighted by molar-refractivity contribution is -0.870. The molecule has 0 fully saturated rings. The van der Waals surface area contributed by atoms with Crippen LogP contribution in [0, 0.1) is 0 Å². The molecule has 270 valence electrons. The summed E-state index contributed by atoms with van der Waals surface area (Å²) in [5.74, 6) is -0.216. The number of quaternary nitrogens is 1. The number of hydrogen-bond acceptors (Lipinski definition) is 6. The summed E-state index contributed by atoms with van der Waals surface area (Å²) in [6.45, 7) is 4.36. The Morgan fingerprint density at radius 1 is 0.783 bits per heavy atom. The third kappa shape index (κ3) is 31.3. The number of likely N-dealkylation sites (N-methyl/N-ethyl adjacent to an activating group) is 1. The lowest BCUT2D eigenvalue weighted by Crippen LogP contribution is -2.45. The normalized spacial score (nSPS) is 15.2. The molecule has 0 radical (unpaired) electrons. The number of nitrogens with one attached hydrogen (secondary N) is 1. The van der Waals surface area contributed by atoms with Crippen LogP contribution >= 0.6 is 7.82 Å². The van der Waals surface area contributed by atoms with E-state index >= 15 is 0 Å². The van der Waals surface area contributed by atoms with Gasteiger partial charge in [-0.15, -0.1) is 0 Å². The maximum Gasteiger partial charge on any atom is 0.268 e. The molecule has 2 N–H and O–H groups in total. The van der Waals surface area contributed by atoms with E-state index in [1.807, 2.05) is 40.2 Å². The smallest absolute Gasteiger partial charge is 0.268 e. The molecule has 0 aromatic rings. The Bertz CT molecular complexity index is 855. The van der Waals surface area contributed by atoms with Crippen molar-refractivity contribution in [1.82, 2.24) is 5.32 Å². The molecule has 3 unspecified atom stereocenters. The fourth-order valence-corrected chi connectivity index (χ4v) is 5.68. The highest BCUT2D eigenvalue weighted by molar-refractivity contribution is 7.45. The largest absolute Gasteiger partial charge is 0.756 e. The number of carbonyl (C=O) groups is 1. The first kappa shape index (κ1) is 44.7. The van der Waals surface area contributed by atoms with Crippen LogP contribution in [0.15, 0.2) is 36.5 Å². The van der Waals surface area contributed by atoms with Crippen LogP contribution in [0.25, 0.3) is 0 Å². The number of phosphoric acid groups is 1. The van der Waals surface area contributed by atoms with Gasteiger partial charge in [-0.05, 0) is 39.0 Å². The number of aliphatic hydroxyl groups excluding tert-OH is 1. The second-order valence-corrected chi connectivity index (χ2v) is 15.0. The van der Waals surface area contributed by atoms with Crippen molar-refractivity contribution in [2.75, 3.05) is 40.9 Å². The van der Waals surface area contributed by atoms with E-state index in [1.165, 1.54) is 77.0 Å².